The lowest BCUT2D eigenvalue weighted by atomic mass is 10.0. The van der Waals surface area contributed by atoms with Crippen LogP contribution in [0.15, 0.2) is 18.2 Å². The molecule has 1 atom stereocenters. The molecule has 1 heterocycles. The summed E-state index contributed by atoms with van der Waals surface area (Å²) in [4.78, 5) is 1.92. The van der Waals surface area contributed by atoms with Gasteiger partial charge in [-0.2, -0.15) is 13.2 Å². The van der Waals surface area contributed by atoms with Crippen LogP contribution in [0.25, 0.3) is 0 Å². The largest absolute Gasteiger partial charge is 0.416 e. The van der Waals surface area contributed by atoms with Crippen molar-refractivity contribution >= 4 is 11.5 Å². The van der Waals surface area contributed by atoms with E-state index in [1.54, 1.807) is 0 Å². The number of nitrogens with zero attached hydrogens (tertiary/aromatic N) is 1. The van der Waals surface area contributed by atoms with Crippen molar-refractivity contribution in [3.63, 3.8) is 0 Å². The maximum atomic E-state index is 12.7. The highest BCUT2D eigenvalue weighted by molar-refractivity contribution is 6.00. The molecule has 7 heteroatoms. The Labute approximate surface area is 114 Å². The fraction of sp³-hybridized carbons (Fsp3) is 0.462. The molecule has 1 aliphatic heterocycles. The van der Waals surface area contributed by atoms with Gasteiger partial charge in [-0.25, -0.2) is 0 Å². The molecule has 0 radical (unpaired) electrons. The second-order valence-corrected chi connectivity index (χ2v) is 4.76. The molecular weight excluding hydrogens is 271 g/mol. The first kappa shape index (κ1) is 14.6. The Morgan fingerprint density at radius 1 is 1.45 bits per heavy atom. The van der Waals surface area contributed by atoms with Gasteiger partial charge in [0.15, 0.2) is 0 Å². The first-order chi connectivity index (χ1) is 9.30. The van der Waals surface area contributed by atoms with E-state index in [0.717, 1.165) is 12.1 Å². The third kappa shape index (κ3) is 2.87. The van der Waals surface area contributed by atoms with Gasteiger partial charge in [-0.1, -0.05) is 0 Å². The van der Waals surface area contributed by atoms with E-state index < -0.39 is 11.7 Å². The fourth-order valence-electron chi connectivity index (χ4n) is 2.26. The molecule has 1 unspecified atom stereocenters. The van der Waals surface area contributed by atoms with E-state index in [1.165, 1.54) is 6.07 Å². The predicted molar refractivity (Wildman–Crippen MR) is 70.1 cm³/mol. The standard InChI is InChI=1S/C13H16F3N3O/c1-8-7-20-5-4-19(8)11-3-2-9(13(14,15)16)6-10(11)12(17)18/h2-3,6,8H,4-5,7H2,1H3,(H3,17,18). The second kappa shape index (κ2) is 5.32. The highest BCUT2D eigenvalue weighted by Crippen LogP contribution is 2.33. The molecule has 1 saturated heterocycles. The summed E-state index contributed by atoms with van der Waals surface area (Å²) < 4.78 is 43.5. The van der Waals surface area contributed by atoms with E-state index in [4.69, 9.17) is 15.9 Å². The van der Waals surface area contributed by atoms with E-state index in [1.807, 2.05) is 11.8 Å². The topological polar surface area (TPSA) is 62.3 Å². The minimum absolute atomic E-state index is 0.0265. The molecule has 0 aromatic heterocycles. The third-order valence-electron chi connectivity index (χ3n) is 3.29. The lowest BCUT2D eigenvalue weighted by molar-refractivity contribution is -0.137. The van der Waals surface area contributed by atoms with Crippen LogP contribution < -0.4 is 10.6 Å². The number of nitrogens with two attached hydrogens (primary N) is 1. The normalized spacial score (nSPS) is 20.0. The zero-order valence-electron chi connectivity index (χ0n) is 11.0. The number of hydrogen-bond acceptors (Lipinski definition) is 3. The monoisotopic (exact) mass is 287 g/mol. The van der Waals surface area contributed by atoms with E-state index >= 15 is 0 Å². The summed E-state index contributed by atoms with van der Waals surface area (Å²) in [6.07, 6.45) is -4.45. The minimum atomic E-state index is -4.45. The summed E-state index contributed by atoms with van der Waals surface area (Å²) in [6, 6.07) is 3.35. The average Bonchev–Trinajstić information content (AvgIpc) is 2.37. The predicted octanol–water partition coefficient (Wildman–Crippen LogP) is 2.21. The SMILES string of the molecule is CC1COCCN1c1ccc(C(F)(F)F)cc1C(=N)N. The van der Waals surface area contributed by atoms with Gasteiger partial charge < -0.3 is 15.4 Å². The molecule has 1 aromatic carbocycles. The Morgan fingerprint density at radius 2 is 2.15 bits per heavy atom. The number of alkyl halides is 3. The van der Waals surface area contributed by atoms with Gasteiger partial charge in [0.2, 0.25) is 0 Å². The van der Waals surface area contributed by atoms with Gasteiger partial charge in [0.05, 0.1) is 18.8 Å². The molecule has 0 bridgehead atoms. The van der Waals surface area contributed by atoms with Crippen LogP contribution in [0.4, 0.5) is 18.9 Å². The van der Waals surface area contributed by atoms with Crippen molar-refractivity contribution < 1.29 is 17.9 Å². The molecular formula is C13H16F3N3O. The smallest absolute Gasteiger partial charge is 0.384 e. The number of nitrogens with one attached hydrogen (secondary N) is 1. The Morgan fingerprint density at radius 3 is 2.70 bits per heavy atom. The maximum absolute atomic E-state index is 12.7. The zero-order chi connectivity index (χ0) is 14.9. The summed E-state index contributed by atoms with van der Waals surface area (Å²) >= 11 is 0. The van der Waals surface area contributed by atoms with Crippen molar-refractivity contribution in [3.8, 4) is 0 Å². The summed E-state index contributed by atoms with van der Waals surface area (Å²) in [5, 5.41) is 7.51. The number of benzene rings is 1. The van der Waals surface area contributed by atoms with E-state index in [-0.39, 0.29) is 17.4 Å². The van der Waals surface area contributed by atoms with Crippen LogP contribution in [0.5, 0.6) is 0 Å². The molecule has 20 heavy (non-hydrogen) atoms. The van der Waals surface area contributed by atoms with Crippen molar-refractivity contribution in [2.45, 2.75) is 19.1 Å². The van der Waals surface area contributed by atoms with E-state index in [9.17, 15) is 13.2 Å². The van der Waals surface area contributed by atoms with Crippen molar-refractivity contribution in [2.75, 3.05) is 24.7 Å². The van der Waals surface area contributed by atoms with Gasteiger partial charge >= 0.3 is 6.18 Å². The number of amidine groups is 1. The molecule has 0 aliphatic carbocycles. The first-order valence-electron chi connectivity index (χ1n) is 6.20. The fourth-order valence-corrected chi connectivity index (χ4v) is 2.26. The Balaban J connectivity index is 2.45. The Hall–Kier alpha value is -1.76. The van der Waals surface area contributed by atoms with Crippen LogP contribution in [-0.4, -0.2) is 31.6 Å². The highest BCUT2D eigenvalue weighted by Gasteiger charge is 2.32. The number of nitrogen functional groups attached to an aromatic ring is 1. The average molecular weight is 287 g/mol. The van der Waals surface area contributed by atoms with Crippen molar-refractivity contribution in [1.82, 2.24) is 0 Å². The molecule has 3 N–H and O–H groups in total. The molecule has 0 spiro atoms. The molecule has 1 aromatic rings. The molecule has 110 valence electrons. The quantitative estimate of drug-likeness (QED) is 0.647. The summed E-state index contributed by atoms with van der Waals surface area (Å²) in [7, 11) is 0. The van der Waals surface area contributed by atoms with Crippen LogP contribution in [0, 0.1) is 5.41 Å². The number of morpholine rings is 1. The van der Waals surface area contributed by atoms with Gasteiger partial charge in [0.25, 0.3) is 0 Å². The summed E-state index contributed by atoms with van der Waals surface area (Å²) in [5.41, 5.74) is 5.29. The lowest BCUT2D eigenvalue weighted by Crippen LogP contribution is -2.44. The third-order valence-corrected chi connectivity index (χ3v) is 3.29. The van der Waals surface area contributed by atoms with Gasteiger partial charge in [-0.3, -0.25) is 5.41 Å². The number of ether oxygens (including phenoxy) is 1. The van der Waals surface area contributed by atoms with Crippen molar-refractivity contribution in [3.05, 3.63) is 29.3 Å². The number of hydrogen-bond donors (Lipinski definition) is 2. The number of rotatable bonds is 2. The molecule has 2 rings (SSSR count). The Kier molecular flexibility index (Phi) is 3.89. The molecule has 1 aliphatic rings. The van der Waals surface area contributed by atoms with Crippen molar-refractivity contribution in [2.24, 2.45) is 5.73 Å². The van der Waals surface area contributed by atoms with Gasteiger partial charge in [0, 0.05) is 23.8 Å². The van der Waals surface area contributed by atoms with Crippen LogP contribution in [0.2, 0.25) is 0 Å². The van der Waals surface area contributed by atoms with Crippen LogP contribution in [0.1, 0.15) is 18.1 Å². The summed E-state index contributed by atoms with van der Waals surface area (Å²) in [6.45, 7) is 3.48. The zero-order valence-corrected chi connectivity index (χ0v) is 11.0. The molecule has 1 fully saturated rings. The van der Waals surface area contributed by atoms with Crippen LogP contribution in [-0.2, 0) is 10.9 Å². The van der Waals surface area contributed by atoms with Gasteiger partial charge in [-0.05, 0) is 25.1 Å². The van der Waals surface area contributed by atoms with Gasteiger partial charge in [0.1, 0.15) is 5.84 Å². The lowest BCUT2D eigenvalue weighted by Gasteiger charge is -2.36. The molecule has 0 amide bonds. The summed E-state index contributed by atoms with van der Waals surface area (Å²) in [5.74, 6) is -0.371. The number of halogens is 3. The van der Waals surface area contributed by atoms with E-state index in [0.29, 0.717) is 25.4 Å². The highest BCUT2D eigenvalue weighted by atomic mass is 19.4. The number of anilines is 1. The second-order valence-electron chi connectivity index (χ2n) is 4.76. The van der Waals surface area contributed by atoms with Gasteiger partial charge in [-0.15, -0.1) is 0 Å². The Bertz CT molecular complexity index is 516. The minimum Gasteiger partial charge on any atom is -0.384 e. The van der Waals surface area contributed by atoms with Crippen LogP contribution in [0.3, 0.4) is 0 Å². The molecule has 0 saturated carbocycles. The maximum Gasteiger partial charge on any atom is 0.416 e. The molecule has 4 nitrogen and oxygen atoms in total. The van der Waals surface area contributed by atoms with Crippen LogP contribution >= 0.6 is 0 Å². The van der Waals surface area contributed by atoms with E-state index in [2.05, 4.69) is 0 Å². The first-order valence-corrected chi connectivity index (χ1v) is 6.20. The van der Waals surface area contributed by atoms with Crippen molar-refractivity contribution in [1.29, 1.82) is 5.41 Å².